The Morgan fingerprint density at radius 2 is 1.61 bits per heavy atom. The van der Waals surface area contributed by atoms with Crippen molar-refractivity contribution in [3.63, 3.8) is 0 Å². The van der Waals surface area contributed by atoms with Gasteiger partial charge in [0, 0.05) is 0 Å². The predicted octanol–water partition coefficient (Wildman–Crippen LogP) is 7.09. The third kappa shape index (κ3) is 2.75. The molecular weight excluding hydrogens is 408 g/mol. The Morgan fingerprint density at radius 3 is 2.27 bits per heavy atom. The Labute approximate surface area is 201 Å². The zero-order valence-electron chi connectivity index (χ0n) is 22.2. The number of carboxylic acids is 1. The molecule has 0 unspecified atom stereocenters. The normalized spacial score (nSPS) is 55.3. The van der Waals surface area contributed by atoms with Crippen LogP contribution in [0.4, 0.5) is 0 Å². The van der Waals surface area contributed by atoms with Crippen molar-refractivity contribution in [2.45, 2.75) is 112 Å². The van der Waals surface area contributed by atoms with Gasteiger partial charge in [0.1, 0.15) is 0 Å². The van der Waals surface area contributed by atoms with Crippen LogP contribution in [0.3, 0.4) is 0 Å². The highest BCUT2D eigenvalue weighted by molar-refractivity contribution is 5.76. The lowest BCUT2D eigenvalue weighted by atomic mass is 9.33. The number of aliphatic hydroxyl groups excluding tert-OH is 1. The molecule has 4 fully saturated rings. The lowest BCUT2D eigenvalue weighted by Gasteiger charge is -2.71. The van der Waals surface area contributed by atoms with E-state index in [4.69, 9.17) is 0 Å². The maximum atomic E-state index is 12.8. The summed E-state index contributed by atoms with van der Waals surface area (Å²) < 4.78 is 0. The van der Waals surface area contributed by atoms with Crippen molar-refractivity contribution < 1.29 is 15.0 Å². The smallest absolute Gasteiger partial charge is 0.310 e. The van der Waals surface area contributed by atoms with E-state index in [0.717, 1.165) is 44.9 Å². The number of allylic oxidation sites excluding steroid dienone is 2. The second-order valence-electron chi connectivity index (χ2n) is 14.5. The third-order valence-electron chi connectivity index (χ3n) is 13.4. The van der Waals surface area contributed by atoms with E-state index in [9.17, 15) is 15.0 Å². The number of hydrogen-bond donors (Lipinski definition) is 2. The minimum absolute atomic E-state index is 0.0302. The quantitative estimate of drug-likeness (QED) is 0.414. The second kappa shape index (κ2) is 7.11. The van der Waals surface area contributed by atoms with Gasteiger partial charge in [0.15, 0.2) is 0 Å². The molecule has 4 saturated carbocycles. The fraction of sp³-hybridized carbons (Fsp3) is 0.900. The Balaban J connectivity index is 1.61. The highest BCUT2D eigenvalue weighted by Crippen LogP contribution is 2.75. The van der Waals surface area contributed by atoms with E-state index in [2.05, 4.69) is 54.5 Å². The average molecular weight is 457 g/mol. The number of hydrogen-bond acceptors (Lipinski definition) is 2. The average Bonchev–Trinajstić information content (AvgIpc) is 2.74. The first kappa shape index (κ1) is 23.9. The van der Waals surface area contributed by atoms with Gasteiger partial charge < -0.3 is 10.2 Å². The van der Waals surface area contributed by atoms with Crippen LogP contribution in [0, 0.1) is 56.7 Å². The highest BCUT2D eigenvalue weighted by Gasteiger charge is 2.69. The van der Waals surface area contributed by atoms with Crippen LogP contribution in [0.15, 0.2) is 11.6 Å². The molecular formula is C30H48O3. The molecule has 0 spiro atoms. The predicted molar refractivity (Wildman–Crippen MR) is 133 cm³/mol. The summed E-state index contributed by atoms with van der Waals surface area (Å²) in [7, 11) is 0. The number of fused-ring (bicyclic) bond motifs is 7. The van der Waals surface area contributed by atoms with E-state index in [1.54, 1.807) is 0 Å². The molecule has 0 aromatic carbocycles. The molecule has 10 atom stereocenters. The largest absolute Gasteiger partial charge is 0.481 e. The molecule has 33 heavy (non-hydrogen) atoms. The number of aliphatic hydroxyl groups is 1. The van der Waals surface area contributed by atoms with Crippen LogP contribution < -0.4 is 0 Å². The molecule has 5 rings (SSSR count). The van der Waals surface area contributed by atoms with Crippen molar-refractivity contribution in [1.29, 1.82) is 0 Å². The first-order chi connectivity index (χ1) is 15.3. The molecule has 5 aliphatic carbocycles. The van der Waals surface area contributed by atoms with Crippen LogP contribution in [0.1, 0.15) is 106 Å². The standard InChI is InChI=1S/C30H48O3/c1-18-10-15-30(25(32)33)17-16-28(6)20(24(30)19(18)2)8-9-22-27(5)13-12-23(31)26(3,4)21(27)11-14-29(22,28)7/h8,18-19,21-24,31H,9-17H2,1-7H3,(H,32,33)/t18-,19+,21-,22-,23-,24-,27-,28+,29+,30-/m0/s1. The molecule has 3 nitrogen and oxygen atoms in total. The molecule has 0 radical (unpaired) electrons. The molecule has 2 N–H and O–H groups in total. The minimum atomic E-state index is -0.557. The van der Waals surface area contributed by atoms with Gasteiger partial charge in [0.25, 0.3) is 0 Å². The second-order valence-corrected chi connectivity index (χ2v) is 14.5. The van der Waals surface area contributed by atoms with E-state index in [1.807, 2.05) is 0 Å². The van der Waals surface area contributed by atoms with Crippen molar-refractivity contribution in [2.24, 2.45) is 56.7 Å². The minimum Gasteiger partial charge on any atom is -0.481 e. The van der Waals surface area contributed by atoms with Crippen molar-refractivity contribution in [3.05, 3.63) is 11.6 Å². The SMILES string of the molecule is C[C@H]1[C@H]2C3=CC[C@H]4[C@@]5(C)CC[C@H](O)C(C)(C)[C@@H]5CC[C@@]4(C)[C@]3(C)CC[C@@]2(C(=O)O)CC[C@@H]1C. The Hall–Kier alpha value is -0.830. The Bertz CT molecular complexity index is 874. The number of aliphatic carboxylic acids is 1. The van der Waals surface area contributed by atoms with E-state index in [-0.39, 0.29) is 33.7 Å². The summed E-state index contributed by atoms with van der Waals surface area (Å²) >= 11 is 0. The summed E-state index contributed by atoms with van der Waals surface area (Å²) in [5.41, 5.74) is 1.46. The maximum absolute atomic E-state index is 12.8. The van der Waals surface area contributed by atoms with Crippen molar-refractivity contribution in [2.75, 3.05) is 0 Å². The summed E-state index contributed by atoms with van der Waals surface area (Å²) in [5, 5.41) is 21.4. The van der Waals surface area contributed by atoms with Gasteiger partial charge in [-0.3, -0.25) is 4.79 Å². The van der Waals surface area contributed by atoms with Crippen molar-refractivity contribution in [3.8, 4) is 0 Å². The van der Waals surface area contributed by atoms with Gasteiger partial charge >= 0.3 is 5.97 Å². The van der Waals surface area contributed by atoms with Crippen LogP contribution in [-0.4, -0.2) is 22.3 Å². The van der Waals surface area contributed by atoms with E-state index < -0.39 is 11.4 Å². The van der Waals surface area contributed by atoms with Crippen molar-refractivity contribution >= 4 is 5.97 Å². The van der Waals surface area contributed by atoms with Crippen LogP contribution in [0.5, 0.6) is 0 Å². The Morgan fingerprint density at radius 1 is 0.909 bits per heavy atom. The fourth-order valence-corrected chi connectivity index (χ4v) is 10.8. The zero-order valence-corrected chi connectivity index (χ0v) is 22.2. The summed E-state index contributed by atoms with van der Waals surface area (Å²) in [6.45, 7) is 17.0. The van der Waals surface area contributed by atoms with Gasteiger partial charge in [0.2, 0.25) is 0 Å². The zero-order chi connectivity index (χ0) is 24.2. The number of rotatable bonds is 1. The molecule has 5 aliphatic rings. The van der Waals surface area contributed by atoms with Gasteiger partial charge in [0.05, 0.1) is 11.5 Å². The van der Waals surface area contributed by atoms with Gasteiger partial charge in [-0.1, -0.05) is 60.1 Å². The molecule has 3 heteroatoms. The fourth-order valence-electron chi connectivity index (χ4n) is 10.8. The number of carboxylic acid groups (broad SMARTS) is 1. The first-order valence-corrected chi connectivity index (χ1v) is 13.9. The van der Waals surface area contributed by atoms with Crippen LogP contribution in [-0.2, 0) is 4.79 Å². The monoisotopic (exact) mass is 456 g/mol. The van der Waals surface area contributed by atoms with Gasteiger partial charge in [-0.15, -0.1) is 0 Å². The Kier molecular flexibility index (Phi) is 5.15. The van der Waals surface area contributed by atoms with E-state index in [1.165, 1.54) is 18.4 Å². The molecule has 0 aromatic rings. The van der Waals surface area contributed by atoms with Gasteiger partial charge in [-0.2, -0.15) is 0 Å². The van der Waals surface area contributed by atoms with Crippen molar-refractivity contribution in [1.82, 2.24) is 0 Å². The summed E-state index contributed by atoms with van der Waals surface area (Å²) in [6, 6.07) is 0. The highest BCUT2D eigenvalue weighted by atomic mass is 16.4. The topological polar surface area (TPSA) is 57.5 Å². The summed E-state index contributed by atoms with van der Waals surface area (Å²) in [5.74, 6) is 1.82. The molecule has 0 saturated heterocycles. The summed E-state index contributed by atoms with van der Waals surface area (Å²) in [4.78, 5) is 12.8. The lowest BCUT2D eigenvalue weighted by molar-refractivity contribution is -0.206. The van der Waals surface area contributed by atoms with E-state index in [0.29, 0.717) is 23.7 Å². The molecule has 0 heterocycles. The summed E-state index contributed by atoms with van der Waals surface area (Å²) in [6.07, 6.45) is 11.6. The van der Waals surface area contributed by atoms with Gasteiger partial charge in [-0.05, 0) is 109 Å². The molecule has 186 valence electrons. The third-order valence-corrected chi connectivity index (χ3v) is 13.4. The van der Waals surface area contributed by atoms with Crippen LogP contribution in [0.25, 0.3) is 0 Å². The molecule has 0 bridgehead atoms. The molecule has 0 aromatic heterocycles. The van der Waals surface area contributed by atoms with E-state index >= 15 is 0 Å². The van der Waals surface area contributed by atoms with Crippen LogP contribution in [0.2, 0.25) is 0 Å². The first-order valence-electron chi connectivity index (χ1n) is 13.9. The number of carbonyl (C=O) groups is 1. The van der Waals surface area contributed by atoms with Gasteiger partial charge in [-0.25, -0.2) is 0 Å². The van der Waals surface area contributed by atoms with Crippen LogP contribution >= 0.6 is 0 Å². The lowest BCUT2D eigenvalue weighted by Crippen LogP contribution is -2.65. The molecule has 0 aliphatic heterocycles. The molecule has 0 amide bonds. The maximum Gasteiger partial charge on any atom is 0.310 e.